The number of hydrogen-bond acceptors (Lipinski definition) is 5. The molecule has 0 aliphatic rings. The van der Waals surface area contributed by atoms with Crippen LogP contribution in [0.2, 0.25) is 0 Å². The molecular weight excluding hydrogens is 270 g/mol. The lowest BCUT2D eigenvalue weighted by Crippen LogP contribution is -2.12. The molecule has 5 heteroatoms. The third kappa shape index (κ3) is 3.60. The number of aryl methyl sites for hydroxylation is 1. The van der Waals surface area contributed by atoms with Gasteiger partial charge in [-0.1, -0.05) is 33.1 Å². The minimum absolute atomic E-state index is 0.288. The van der Waals surface area contributed by atoms with Crippen LogP contribution in [0.3, 0.4) is 0 Å². The van der Waals surface area contributed by atoms with Crippen molar-refractivity contribution in [2.24, 2.45) is 5.92 Å². The monoisotopic (exact) mass is 293 g/mol. The number of nitrogens with zero attached hydrogens (tertiary/aromatic N) is 2. The van der Waals surface area contributed by atoms with Crippen LogP contribution in [-0.2, 0) is 0 Å². The molecule has 2 rings (SSSR count). The first kappa shape index (κ1) is 15.0. The molecule has 1 atom stereocenters. The fourth-order valence-corrected chi connectivity index (χ4v) is 3.11. The summed E-state index contributed by atoms with van der Waals surface area (Å²) in [6.45, 7) is 7.19. The van der Waals surface area contributed by atoms with Gasteiger partial charge in [0.05, 0.1) is 12.0 Å². The Kier molecular flexibility index (Phi) is 5.17. The number of rotatable bonds is 7. The molecule has 2 aromatic heterocycles. The normalized spacial score (nSPS) is 12.8. The second kappa shape index (κ2) is 6.88. The molecule has 2 heterocycles. The van der Waals surface area contributed by atoms with Crippen molar-refractivity contribution in [2.45, 2.75) is 46.5 Å². The van der Waals surface area contributed by atoms with Gasteiger partial charge in [0.25, 0.3) is 0 Å². The maximum atomic E-state index is 5.94. The molecule has 0 fully saturated rings. The smallest absolute Gasteiger partial charge is 0.227 e. The van der Waals surface area contributed by atoms with E-state index in [9.17, 15) is 0 Å². The van der Waals surface area contributed by atoms with Crippen LogP contribution in [-0.4, -0.2) is 16.6 Å². The third-order valence-corrected chi connectivity index (χ3v) is 4.44. The molecule has 2 aromatic rings. The van der Waals surface area contributed by atoms with Gasteiger partial charge in [-0.3, -0.25) is 0 Å². The lowest BCUT2D eigenvalue weighted by Gasteiger charge is -2.15. The summed E-state index contributed by atoms with van der Waals surface area (Å²) in [5, 5.41) is 0.979. The highest BCUT2D eigenvalue weighted by Gasteiger charge is 2.13. The number of fused-ring (bicyclic) bond motifs is 1. The zero-order valence-electron chi connectivity index (χ0n) is 12.5. The molecule has 4 nitrogen and oxygen atoms in total. The van der Waals surface area contributed by atoms with Crippen molar-refractivity contribution >= 4 is 27.5 Å². The molecule has 2 N–H and O–H groups in total. The van der Waals surface area contributed by atoms with Crippen molar-refractivity contribution in [3.8, 4) is 5.88 Å². The van der Waals surface area contributed by atoms with Crippen LogP contribution < -0.4 is 10.5 Å². The SMILES string of the molecule is CCCCC(CC)COc1nc(N)nc2sc(C)cc12. The molecule has 0 bridgehead atoms. The van der Waals surface area contributed by atoms with Crippen molar-refractivity contribution in [3.05, 3.63) is 10.9 Å². The highest BCUT2D eigenvalue weighted by Crippen LogP contribution is 2.30. The summed E-state index contributed by atoms with van der Waals surface area (Å²) in [5.74, 6) is 1.50. The standard InChI is InChI=1S/C15H23N3OS/c1-4-6-7-11(5-2)9-19-13-12-8-10(3)20-14(12)18-15(16)17-13/h8,11H,4-7,9H2,1-3H3,(H2,16,17,18). The van der Waals surface area contributed by atoms with E-state index in [1.165, 1.54) is 24.1 Å². The Morgan fingerprint density at radius 3 is 2.85 bits per heavy atom. The van der Waals surface area contributed by atoms with E-state index in [0.29, 0.717) is 18.4 Å². The number of anilines is 1. The highest BCUT2D eigenvalue weighted by molar-refractivity contribution is 7.18. The number of hydrogen-bond donors (Lipinski definition) is 1. The molecule has 0 saturated heterocycles. The second-order valence-corrected chi connectivity index (χ2v) is 6.43. The summed E-state index contributed by atoms with van der Waals surface area (Å²) >= 11 is 1.62. The van der Waals surface area contributed by atoms with Gasteiger partial charge in [-0.2, -0.15) is 4.98 Å². The van der Waals surface area contributed by atoms with Gasteiger partial charge in [0, 0.05) is 4.88 Å². The number of unbranched alkanes of at least 4 members (excludes halogenated alkanes) is 1. The summed E-state index contributed by atoms with van der Waals surface area (Å²) in [6, 6.07) is 2.07. The van der Waals surface area contributed by atoms with Crippen molar-refractivity contribution in [2.75, 3.05) is 12.3 Å². The average molecular weight is 293 g/mol. The van der Waals surface area contributed by atoms with E-state index >= 15 is 0 Å². The van der Waals surface area contributed by atoms with E-state index in [0.717, 1.165) is 16.6 Å². The molecule has 20 heavy (non-hydrogen) atoms. The Labute approximate surface area is 124 Å². The second-order valence-electron chi connectivity index (χ2n) is 5.19. The first-order valence-corrected chi connectivity index (χ1v) is 8.12. The lowest BCUT2D eigenvalue weighted by molar-refractivity contribution is 0.228. The van der Waals surface area contributed by atoms with Gasteiger partial charge >= 0.3 is 0 Å². The number of nitrogen functional groups attached to an aromatic ring is 1. The van der Waals surface area contributed by atoms with Crippen LogP contribution >= 0.6 is 11.3 Å². The van der Waals surface area contributed by atoms with Gasteiger partial charge < -0.3 is 10.5 Å². The van der Waals surface area contributed by atoms with Crippen LogP contribution in [0.25, 0.3) is 10.2 Å². The van der Waals surface area contributed by atoms with Gasteiger partial charge in [0.1, 0.15) is 4.83 Å². The first-order valence-electron chi connectivity index (χ1n) is 7.30. The van der Waals surface area contributed by atoms with E-state index in [1.54, 1.807) is 11.3 Å². The summed E-state index contributed by atoms with van der Waals surface area (Å²) in [5.41, 5.74) is 5.76. The zero-order chi connectivity index (χ0) is 14.5. The molecule has 0 aliphatic carbocycles. The van der Waals surface area contributed by atoms with Gasteiger partial charge in [-0.05, 0) is 25.3 Å². The van der Waals surface area contributed by atoms with Gasteiger partial charge in [-0.25, -0.2) is 4.98 Å². The first-order chi connectivity index (χ1) is 9.63. The third-order valence-electron chi connectivity index (χ3n) is 3.50. The summed E-state index contributed by atoms with van der Waals surface area (Å²) < 4.78 is 5.94. The Hall–Kier alpha value is -1.36. The molecule has 0 amide bonds. The molecule has 0 aromatic carbocycles. The number of aromatic nitrogens is 2. The molecule has 110 valence electrons. The summed E-state index contributed by atoms with van der Waals surface area (Å²) in [6.07, 6.45) is 4.82. The summed E-state index contributed by atoms with van der Waals surface area (Å²) in [7, 11) is 0. The Morgan fingerprint density at radius 1 is 1.35 bits per heavy atom. The van der Waals surface area contributed by atoms with E-state index in [2.05, 4.69) is 36.8 Å². The van der Waals surface area contributed by atoms with Crippen LogP contribution in [0, 0.1) is 12.8 Å². The molecule has 0 saturated carbocycles. The lowest BCUT2D eigenvalue weighted by atomic mass is 10.0. The summed E-state index contributed by atoms with van der Waals surface area (Å²) in [4.78, 5) is 10.6. The number of nitrogens with two attached hydrogens (primary N) is 1. The van der Waals surface area contributed by atoms with Crippen molar-refractivity contribution in [3.63, 3.8) is 0 Å². The van der Waals surface area contributed by atoms with E-state index < -0.39 is 0 Å². The quantitative estimate of drug-likeness (QED) is 0.832. The van der Waals surface area contributed by atoms with Crippen LogP contribution in [0.15, 0.2) is 6.07 Å². The largest absolute Gasteiger partial charge is 0.477 e. The maximum absolute atomic E-state index is 5.94. The van der Waals surface area contributed by atoms with Crippen LogP contribution in [0.5, 0.6) is 5.88 Å². The predicted molar refractivity (Wildman–Crippen MR) is 85.4 cm³/mol. The van der Waals surface area contributed by atoms with E-state index in [1.807, 2.05) is 0 Å². The van der Waals surface area contributed by atoms with Crippen molar-refractivity contribution in [1.29, 1.82) is 0 Å². The van der Waals surface area contributed by atoms with Gasteiger partial charge in [-0.15, -0.1) is 11.3 Å². The minimum atomic E-state index is 0.288. The molecule has 1 unspecified atom stereocenters. The molecule has 0 aliphatic heterocycles. The Morgan fingerprint density at radius 2 is 2.15 bits per heavy atom. The molecule has 0 spiro atoms. The minimum Gasteiger partial charge on any atom is -0.477 e. The van der Waals surface area contributed by atoms with Crippen LogP contribution in [0.4, 0.5) is 5.95 Å². The van der Waals surface area contributed by atoms with Gasteiger partial charge in [0.2, 0.25) is 11.8 Å². The van der Waals surface area contributed by atoms with E-state index in [-0.39, 0.29) is 5.95 Å². The van der Waals surface area contributed by atoms with E-state index in [4.69, 9.17) is 10.5 Å². The number of ether oxygens (including phenoxy) is 1. The van der Waals surface area contributed by atoms with Crippen molar-refractivity contribution < 1.29 is 4.74 Å². The highest BCUT2D eigenvalue weighted by atomic mass is 32.1. The average Bonchev–Trinajstić information content (AvgIpc) is 2.79. The molecule has 0 radical (unpaired) electrons. The van der Waals surface area contributed by atoms with Crippen LogP contribution in [0.1, 0.15) is 44.4 Å². The molecular formula is C15H23N3OS. The van der Waals surface area contributed by atoms with Gasteiger partial charge in [0.15, 0.2) is 0 Å². The predicted octanol–water partition coefficient (Wildman–Crippen LogP) is 4.18. The Bertz CT molecular complexity index is 567. The maximum Gasteiger partial charge on any atom is 0.227 e. The zero-order valence-corrected chi connectivity index (χ0v) is 13.3. The Balaban J connectivity index is 2.12. The fourth-order valence-electron chi connectivity index (χ4n) is 2.24. The fraction of sp³-hybridized carbons (Fsp3) is 0.600. The topological polar surface area (TPSA) is 61.0 Å². The number of thiophene rings is 1. The van der Waals surface area contributed by atoms with Crippen molar-refractivity contribution in [1.82, 2.24) is 9.97 Å².